The molecule has 100 valence electrons. The van der Waals surface area contributed by atoms with Crippen molar-refractivity contribution >= 4 is 15.9 Å². The Bertz CT molecular complexity index is 487. The van der Waals surface area contributed by atoms with Gasteiger partial charge < -0.3 is 14.5 Å². The van der Waals surface area contributed by atoms with Crippen LogP contribution in [0.2, 0.25) is 0 Å². The van der Waals surface area contributed by atoms with Crippen LogP contribution in [-0.2, 0) is 14.9 Å². The third-order valence-corrected chi connectivity index (χ3v) is 3.45. The molecule has 5 nitrogen and oxygen atoms in total. The minimum absolute atomic E-state index is 0.181. The summed E-state index contributed by atoms with van der Waals surface area (Å²) in [6, 6.07) is 0. The summed E-state index contributed by atoms with van der Waals surface area (Å²) in [5.74, 6) is 0.535. The molecule has 1 aromatic rings. The highest BCUT2D eigenvalue weighted by molar-refractivity contribution is 9.10. The molecule has 1 unspecified atom stereocenters. The van der Waals surface area contributed by atoms with Crippen molar-refractivity contribution in [3.63, 3.8) is 0 Å². The molecule has 18 heavy (non-hydrogen) atoms. The van der Waals surface area contributed by atoms with Crippen LogP contribution in [0.1, 0.15) is 38.4 Å². The van der Waals surface area contributed by atoms with E-state index < -0.39 is 0 Å². The Morgan fingerprint density at radius 1 is 1.39 bits per heavy atom. The van der Waals surface area contributed by atoms with Crippen LogP contribution in [0.3, 0.4) is 0 Å². The Hall–Kier alpha value is -0.720. The number of rotatable bonds is 1. The van der Waals surface area contributed by atoms with Crippen molar-refractivity contribution in [1.29, 1.82) is 0 Å². The van der Waals surface area contributed by atoms with Crippen LogP contribution in [0.15, 0.2) is 9.27 Å². The maximum absolute atomic E-state index is 11.9. The summed E-state index contributed by atoms with van der Waals surface area (Å²) in [6.07, 6.45) is -0.291. The van der Waals surface area contributed by atoms with Gasteiger partial charge in [0.1, 0.15) is 16.4 Å². The molecule has 2 heterocycles. The molecule has 0 saturated carbocycles. The molecule has 1 N–H and O–H groups in total. The molecule has 1 aliphatic heterocycles. The summed E-state index contributed by atoms with van der Waals surface area (Å²) < 4.78 is 11.4. The molecule has 1 saturated heterocycles. The Labute approximate surface area is 114 Å². The lowest BCUT2D eigenvalue weighted by molar-refractivity contribution is -0.0937. The maximum Gasteiger partial charge on any atom is 0.265 e. The summed E-state index contributed by atoms with van der Waals surface area (Å²) in [7, 11) is 0. The number of ether oxygens (including phenoxy) is 2. The van der Waals surface area contributed by atoms with Crippen molar-refractivity contribution in [3.05, 3.63) is 26.3 Å². The average molecular weight is 317 g/mol. The number of aromatic amines is 1. The smallest absolute Gasteiger partial charge is 0.265 e. The van der Waals surface area contributed by atoms with E-state index in [1.807, 2.05) is 20.8 Å². The molecule has 0 amide bonds. The summed E-state index contributed by atoms with van der Waals surface area (Å²) in [5.41, 5.74) is 0.340. The van der Waals surface area contributed by atoms with Gasteiger partial charge in [-0.1, -0.05) is 20.8 Å². The third kappa shape index (κ3) is 2.81. The minimum Gasteiger partial charge on any atom is -0.376 e. The zero-order valence-corrected chi connectivity index (χ0v) is 12.3. The second-order valence-corrected chi connectivity index (χ2v) is 6.09. The standard InChI is InChI=1S/C12H17BrN2O3/c1-12(2,3)9-8(13)11(16)15-10(14-9)7-6-17-4-5-18-7/h7H,4-6H2,1-3H3,(H,14,15,16). The molecule has 1 aliphatic rings. The van der Waals surface area contributed by atoms with Gasteiger partial charge in [0.15, 0.2) is 0 Å². The highest BCUT2D eigenvalue weighted by atomic mass is 79.9. The number of halogens is 1. The van der Waals surface area contributed by atoms with Gasteiger partial charge in [0.25, 0.3) is 5.56 Å². The van der Waals surface area contributed by atoms with Crippen LogP contribution in [0.5, 0.6) is 0 Å². The Morgan fingerprint density at radius 2 is 2.11 bits per heavy atom. The first-order valence-electron chi connectivity index (χ1n) is 5.89. The molecule has 0 aromatic carbocycles. The van der Waals surface area contributed by atoms with E-state index in [2.05, 4.69) is 25.9 Å². The van der Waals surface area contributed by atoms with Gasteiger partial charge in [-0.3, -0.25) is 4.79 Å². The third-order valence-electron chi connectivity index (χ3n) is 2.71. The normalized spacial score (nSPS) is 21.0. The molecule has 0 aliphatic carbocycles. The molecule has 1 fully saturated rings. The van der Waals surface area contributed by atoms with Gasteiger partial charge in [0.05, 0.1) is 25.5 Å². The van der Waals surface area contributed by atoms with Crippen LogP contribution >= 0.6 is 15.9 Å². The number of H-pyrrole nitrogens is 1. The molecule has 2 rings (SSSR count). The van der Waals surface area contributed by atoms with Crippen molar-refractivity contribution in [3.8, 4) is 0 Å². The second-order valence-electron chi connectivity index (χ2n) is 5.30. The fraction of sp³-hybridized carbons (Fsp3) is 0.667. The predicted octanol–water partition coefficient (Wildman–Crippen LogP) is 1.92. The second kappa shape index (κ2) is 5.11. The molecule has 0 bridgehead atoms. The van der Waals surface area contributed by atoms with Gasteiger partial charge in [-0.05, 0) is 15.9 Å². The van der Waals surface area contributed by atoms with E-state index in [1.165, 1.54) is 0 Å². The first kappa shape index (κ1) is 13.7. The maximum atomic E-state index is 11.9. The average Bonchev–Trinajstić information content (AvgIpc) is 2.32. The number of nitrogens with zero attached hydrogens (tertiary/aromatic N) is 1. The lowest BCUT2D eigenvalue weighted by Crippen LogP contribution is -2.29. The molecule has 6 heteroatoms. The van der Waals surface area contributed by atoms with Crippen molar-refractivity contribution in [1.82, 2.24) is 9.97 Å². The van der Waals surface area contributed by atoms with Gasteiger partial charge in [-0.2, -0.15) is 0 Å². The van der Waals surface area contributed by atoms with E-state index in [-0.39, 0.29) is 17.1 Å². The summed E-state index contributed by atoms with van der Waals surface area (Å²) in [4.78, 5) is 19.2. The minimum atomic E-state index is -0.291. The van der Waals surface area contributed by atoms with E-state index in [4.69, 9.17) is 9.47 Å². The van der Waals surface area contributed by atoms with Crippen LogP contribution in [0, 0.1) is 0 Å². The largest absolute Gasteiger partial charge is 0.376 e. The number of nitrogens with one attached hydrogen (secondary N) is 1. The van der Waals surface area contributed by atoms with Crippen LogP contribution in [0.4, 0.5) is 0 Å². The Balaban J connectivity index is 2.44. The molecule has 1 aromatic heterocycles. The van der Waals surface area contributed by atoms with Gasteiger partial charge >= 0.3 is 0 Å². The van der Waals surface area contributed by atoms with Gasteiger partial charge in [0, 0.05) is 5.41 Å². The highest BCUT2D eigenvalue weighted by Crippen LogP contribution is 2.27. The first-order chi connectivity index (χ1) is 8.39. The van der Waals surface area contributed by atoms with Gasteiger partial charge in [0.2, 0.25) is 0 Å². The van der Waals surface area contributed by atoms with E-state index in [0.29, 0.717) is 30.1 Å². The summed E-state index contributed by atoms with van der Waals surface area (Å²) in [6.45, 7) is 7.58. The molecular weight excluding hydrogens is 300 g/mol. The van der Waals surface area contributed by atoms with E-state index in [1.54, 1.807) is 0 Å². The van der Waals surface area contributed by atoms with E-state index in [9.17, 15) is 4.79 Å². The topological polar surface area (TPSA) is 64.2 Å². The quantitative estimate of drug-likeness (QED) is 0.859. The van der Waals surface area contributed by atoms with Gasteiger partial charge in [-0.15, -0.1) is 0 Å². The highest BCUT2D eigenvalue weighted by Gasteiger charge is 2.26. The zero-order valence-electron chi connectivity index (χ0n) is 10.7. The lowest BCUT2D eigenvalue weighted by atomic mass is 9.92. The fourth-order valence-corrected chi connectivity index (χ4v) is 2.55. The van der Waals surface area contributed by atoms with Crippen LogP contribution in [-0.4, -0.2) is 29.8 Å². The van der Waals surface area contributed by atoms with Crippen molar-refractivity contribution in [2.75, 3.05) is 19.8 Å². The summed E-state index contributed by atoms with van der Waals surface area (Å²) >= 11 is 3.30. The fourth-order valence-electron chi connectivity index (χ4n) is 1.77. The molecule has 1 atom stereocenters. The SMILES string of the molecule is CC(C)(C)c1nc(C2COCCO2)[nH]c(=O)c1Br. The van der Waals surface area contributed by atoms with E-state index in [0.717, 1.165) is 5.69 Å². The zero-order chi connectivity index (χ0) is 13.3. The van der Waals surface area contributed by atoms with Gasteiger partial charge in [-0.25, -0.2) is 4.98 Å². The monoisotopic (exact) mass is 316 g/mol. The molecular formula is C12H17BrN2O3. The Morgan fingerprint density at radius 3 is 2.67 bits per heavy atom. The van der Waals surface area contributed by atoms with Crippen molar-refractivity contribution in [2.24, 2.45) is 0 Å². The van der Waals surface area contributed by atoms with Crippen LogP contribution < -0.4 is 5.56 Å². The van der Waals surface area contributed by atoms with Crippen LogP contribution in [0.25, 0.3) is 0 Å². The number of hydrogen-bond acceptors (Lipinski definition) is 4. The first-order valence-corrected chi connectivity index (χ1v) is 6.68. The van der Waals surface area contributed by atoms with Crippen molar-refractivity contribution < 1.29 is 9.47 Å². The number of aromatic nitrogens is 2. The lowest BCUT2D eigenvalue weighted by Gasteiger charge is -2.25. The molecule has 0 spiro atoms. The predicted molar refractivity (Wildman–Crippen MR) is 70.8 cm³/mol. The van der Waals surface area contributed by atoms with E-state index >= 15 is 0 Å². The summed E-state index contributed by atoms with van der Waals surface area (Å²) in [5, 5.41) is 0. The Kier molecular flexibility index (Phi) is 3.89. The number of hydrogen-bond donors (Lipinski definition) is 1. The molecule has 0 radical (unpaired) electrons. The van der Waals surface area contributed by atoms with Crippen molar-refractivity contribution in [2.45, 2.75) is 32.3 Å².